The lowest BCUT2D eigenvalue weighted by Gasteiger charge is -2.23. The lowest BCUT2D eigenvalue weighted by atomic mass is 10.2. The van der Waals surface area contributed by atoms with Crippen LogP contribution in [0.15, 0.2) is 46.2 Å². The van der Waals surface area contributed by atoms with Crippen molar-refractivity contribution in [2.75, 3.05) is 0 Å². The van der Waals surface area contributed by atoms with Gasteiger partial charge in [0.2, 0.25) is 0 Å². The molecular weight excluding hydrogens is 248 g/mol. The molecule has 0 unspecified atom stereocenters. The van der Waals surface area contributed by atoms with Gasteiger partial charge in [0, 0.05) is 11.1 Å². The first-order chi connectivity index (χ1) is 8.83. The molecule has 0 fully saturated rings. The van der Waals surface area contributed by atoms with Crippen molar-refractivity contribution in [1.29, 1.82) is 0 Å². The summed E-state index contributed by atoms with van der Waals surface area (Å²) in [7, 11) is 0. The summed E-state index contributed by atoms with van der Waals surface area (Å²) >= 11 is 1.59. The number of hydrogen-bond donors (Lipinski definition) is 2. The average Bonchev–Trinajstić information content (AvgIpc) is 2.43. The standard InChI is InChI=1S/C14H12O3S/c15-7-9-3-1-5-11-13(9)17-14-10(8-16)4-2-6-12(14)18-11/h1-6,15-16H,7-8H2. The smallest absolute Gasteiger partial charge is 0.146 e. The maximum Gasteiger partial charge on any atom is 0.146 e. The highest BCUT2D eigenvalue weighted by Gasteiger charge is 2.22. The van der Waals surface area contributed by atoms with E-state index in [2.05, 4.69) is 0 Å². The number of para-hydroxylation sites is 2. The molecule has 0 saturated heterocycles. The van der Waals surface area contributed by atoms with Gasteiger partial charge in [-0.2, -0.15) is 0 Å². The molecule has 3 rings (SSSR count). The fourth-order valence-corrected chi connectivity index (χ4v) is 3.05. The fraction of sp³-hybridized carbons (Fsp3) is 0.143. The van der Waals surface area contributed by atoms with Crippen molar-refractivity contribution in [3.63, 3.8) is 0 Å². The van der Waals surface area contributed by atoms with Crippen molar-refractivity contribution in [2.45, 2.75) is 23.0 Å². The Morgan fingerprint density at radius 1 is 0.833 bits per heavy atom. The van der Waals surface area contributed by atoms with E-state index in [1.807, 2.05) is 36.4 Å². The third kappa shape index (κ3) is 1.79. The quantitative estimate of drug-likeness (QED) is 0.744. The van der Waals surface area contributed by atoms with Gasteiger partial charge in [0.05, 0.1) is 23.0 Å². The van der Waals surface area contributed by atoms with Crippen LogP contribution in [0.5, 0.6) is 11.5 Å². The molecule has 1 aliphatic rings. The lowest BCUT2D eigenvalue weighted by Crippen LogP contribution is -2.02. The van der Waals surface area contributed by atoms with Crippen LogP contribution in [-0.4, -0.2) is 10.2 Å². The molecular formula is C14H12O3S. The molecule has 18 heavy (non-hydrogen) atoms. The maximum absolute atomic E-state index is 9.33. The monoisotopic (exact) mass is 260 g/mol. The van der Waals surface area contributed by atoms with Crippen molar-refractivity contribution < 1.29 is 14.9 Å². The van der Waals surface area contributed by atoms with Crippen LogP contribution in [-0.2, 0) is 13.2 Å². The summed E-state index contributed by atoms with van der Waals surface area (Å²) < 4.78 is 5.88. The first-order valence-electron chi connectivity index (χ1n) is 5.64. The van der Waals surface area contributed by atoms with E-state index in [1.165, 1.54) is 0 Å². The minimum Gasteiger partial charge on any atom is -0.454 e. The molecule has 1 aliphatic heterocycles. The number of fused-ring (bicyclic) bond motifs is 2. The zero-order valence-electron chi connectivity index (χ0n) is 9.59. The van der Waals surface area contributed by atoms with Crippen LogP contribution in [0.4, 0.5) is 0 Å². The predicted molar refractivity (Wildman–Crippen MR) is 68.9 cm³/mol. The maximum atomic E-state index is 9.33. The highest BCUT2D eigenvalue weighted by Crippen LogP contribution is 2.49. The van der Waals surface area contributed by atoms with E-state index in [-0.39, 0.29) is 13.2 Å². The van der Waals surface area contributed by atoms with Gasteiger partial charge in [0.25, 0.3) is 0 Å². The molecule has 0 amide bonds. The summed E-state index contributed by atoms with van der Waals surface area (Å²) in [4.78, 5) is 1.98. The van der Waals surface area contributed by atoms with Crippen molar-refractivity contribution in [3.05, 3.63) is 47.5 Å². The Bertz CT molecular complexity index is 544. The van der Waals surface area contributed by atoms with Crippen LogP contribution < -0.4 is 4.74 Å². The topological polar surface area (TPSA) is 49.7 Å². The molecule has 92 valence electrons. The molecule has 0 saturated carbocycles. The zero-order valence-corrected chi connectivity index (χ0v) is 10.4. The summed E-state index contributed by atoms with van der Waals surface area (Å²) in [6.45, 7) is -0.110. The van der Waals surface area contributed by atoms with Crippen LogP contribution >= 0.6 is 11.8 Å². The predicted octanol–water partition coefficient (Wildman–Crippen LogP) is 2.93. The number of hydrogen-bond acceptors (Lipinski definition) is 4. The summed E-state index contributed by atoms with van der Waals surface area (Å²) in [5, 5.41) is 18.7. The third-order valence-corrected chi connectivity index (χ3v) is 3.97. The van der Waals surface area contributed by atoms with Gasteiger partial charge in [-0.15, -0.1) is 0 Å². The normalized spacial score (nSPS) is 12.6. The van der Waals surface area contributed by atoms with Crippen molar-refractivity contribution in [2.24, 2.45) is 0 Å². The van der Waals surface area contributed by atoms with E-state index < -0.39 is 0 Å². The number of aliphatic hydroxyl groups is 2. The molecule has 0 aromatic heterocycles. The number of ether oxygens (including phenoxy) is 1. The van der Waals surface area contributed by atoms with Gasteiger partial charge in [-0.05, 0) is 12.1 Å². The molecule has 0 aliphatic carbocycles. The highest BCUT2D eigenvalue weighted by atomic mass is 32.2. The summed E-state index contributed by atoms with van der Waals surface area (Å²) in [5.74, 6) is 1.39. The van der Waals surface area contributed by atoms with Gasteiger partial charge in [-0.1, -0.05) is 36.0 Å². The van der Waals surface area contributed by atoms with E-state index in [0.29, 0.717) is 11.5 Å². The van der Waals surface area contributed by atoms with Gasteiger partial charge in [-0.3, -0.25) is 0 Å². The molecule has 3 nitrogen and oxygen atoms in total. The minimum absolute atomic E-state index is 0.0552. The molecule has 1 heterocycles. The Balaban J connectivity index is 2.12. The largest absolute Gasteiger partial charge is 0.454 e. The number of aliphatic hydroxyl groups excluding tert-OH is 2. The van der Waals surface area contributed by atoms with Gasteiger partial charge in [0.15, 0.2) is 0 Å². The Kier molecular flexibility index (Phi) is 2.99. The summed E-state index contributed by atoms with van der Waals surface area (Å²) in [6, 6.07) is 11.4. The Morgan fingerprint density at radius 3 is 1.78 bits per heavy atom. The minimum atomic E-state index is -0.0552. The highest BCUT2D eigenvalue weighted by molar-refractivity contribution is 7.99. The van der Waals surface area contributed by atoms with E-state index in [0.717, 1.165) is 20.9 Å². The molecule has 4 heteroatoms. The SMILES string of the molecule is OCc1cccc2c1Oc1c(CO)cccc1S2. The van der Waals surface area contributed by atoms with E-state index in [1.54, 1.807) is 11.8 Å². The fourth-order valence-electron chi connectivity index (χ4n) is 1.98. The molecule has 2 N–H and O–H groups in total. The van der Waals surface area contributed by atoms with Crippen LogP contribution in [0, 0.1) is 0 Å². The second kappa shape index (κ2) is 4.65. The van der Waals surface area contributed by atoms with E-state index in [9.17, 15) is 10.2 Å². The molecule has 0 bridgehead atoms. The third-order valence-electron chi connectivity index (χ3n) is 2.89. The van der Waals surface area contributed by atoms with Crippen molar-refractivity contribution >= 4 is 11.8 Å². The molecule has 2 aromatic carbocycles. The van der Waals surface area contributed by atoms with Crippen molar-refractivity contribution in [3.8, 4) is 11.5 Å². The second-order valence-electron chi connectivity index (χ2n) is 4.01. The molecule has 0 atom stereocenters. The number of rotatable bonds is 2. The Morgan fingerprint density at radius 2 is 1.33 bits per heavy atom. The molecule has 0 spiro atoms. The van der Waals surface area contributed by atoms with E-state index in [4.69, 9.17) is 4.74 Å². The van der Waals surface area contributed by atoms with Crippen LogP contribution in [0.2, 0.25) is 0 Å². The Hall–Kier alpha value is -1.49. The first-order valence-corrected chi connectivity index (χ1v) is 6.46. The molecule has 2 aromatic rings. The average molecular weight is 260 g/mol. The van der Waals surface area contributed by atoms with Crippen LogP contribution in [0.25, 0.3) is 0 Å². The van der Waals surface area contributed by atoms with Crippen LogP contribution in [0.1, 0.15) is 11.1 Å². The zero-order chi connectivity index (χ0) is 12.5. The Labute approximate surface area is 109 Å². The lowest BCUT2D eigenvalue weighted by molar-refractivity contribution is 0.268. The van der Waals surface area contributed by atoms with Gasteiger partial charge < -0.3 is 14.9 Å². The second-order valence-corrected chi connectivity index (χ2v) is 5.09. The first kappa shape index (κ1) is 11.6. The van der Waals surface area contributed by atoms with Gasteiger partial charge in [0.1, 0.15) is 11.5 Å². The summed E-state index contributed by atoms with van der Waals surface area (Å²) in [6.07, 6.45) is 0. The number of benzene rings is 2. The molecule has 0 radical (unpaired) electrons. The van der Waals surface area contributed by atoms with Crippen LogP contribution in [0.3, 0.4) is 0 Å². The van der Waals surface area contributed by atoms with Gasteiger partial charge >= 0.3 is 0 Å². The van der Waals surface area contributed by atoms with Gasteiger partial charge in [-0.25, -0.2) is 0 Å². The van der Waals surface area contributed by atoms with Crippen molar-refractivity contribution in [1.82, 2.24) is 0 Å². The van der Waals surface area contributed by atoms with E-state index >= 15 is 0 Å². The summed E-state index contributed by atoms with van der Waals surface area (Å²) in [5.41, 5.74) is 1.52.